The number of amidine groups is 2. The second-order valence-electron chi connectivity index (χ2n) is 7.21. The number of nitrogens with zero attached hydrogens (tertiary/aromatic N) is 5. The predicted octanol–water partition coefficient (Wildman–Crippen LogP) is 3.08. The van der Waals surface area contributed by atoms with Crippen molar-refractivity contribution in [1.29, 1.82) is 5.41 Å². The van der Waals surface area contributed by atoms with Gasteiger partial charge in [-0.15, -0.1) is 0 Å². The van der Waals surface area contributed by atoms with Crippen LogP contribution in [0.1, 0.15) is 23.2 Å². The van der Waals surface area contributed by atoms with E-state index in [-0.39, 0.29) is 23.6 Å². The van der Waals surface area contributed by atoms with Gasteiger partial charge in [-0.1, -0.05) is 36.1 Å². The highest BCUT2D eigenvalue weighted by Gasteiger charge is 2.31. The number of rotatable bonds is 6. The van der Waals surface area contributed by atoms with Crippen LogP contribution in [0.4, 0.5) is 0 Å². The third-order valence-corrected chi connectivity index (χ3v) is 6.84. The van der Waals surface area contributed by atoms with Gasteiger partial charge in [-0.25, -0.2) is 4.98 Å². The lowest BCUT2D eigenvalue weighted by Gasteiger charge is -2.22. The van der Waals surface area contributed by atoms with Gasteiger partial charge >= 0.3 is 0 Å². The second kappa shape index (κ2) is 8.88. The highest BCUT2D eigenvalue weighted by atomic mass is 32.2. The summed E-state index contributed by atoms with van der Waals surface area (Å²) in [5.41, 5.74) is 1.06. The quantitative estimate of drug-likeness (QED) is 0.519. The molecule has 12 heteroatoms. The van der Waals surface area contributed by atoms with E-state index in [1.165, 1.54) is 40.8 Å². The lowest BCUT2D eigenvalue weighted by molar-refractivity contribution is -0.114. The molecule has 1 aromatic carbocycles. The third-order valence-electron chi connectivity index (χ3n) is 5.03. The molecule has 0 aliphatic carbocycles. The van der Waals surface area contributed by atoms with E-state index < -0.39 is 5.91 Å². The SMILES string of the molecule is CCc1nn2c(=O)cc(COc3ccc(/C=C4/C(=N)N5C=CSC5=NC4=O)cc3OC)nc2s1. The molecule has 0 fully saturated rings. The maximum atomic E-state index is 12.4. The van der Waals surface area contributed by atoms with Gasteiger partial charge in [0.05, 0.1) is 18.4 Å². The number of aliphatic imine (C=N–C) groups is 1. The minimum absolute atomic E-state index is 0.0672. The molecule has 5 rings (SSSR count). The lowest BCUT2D eigenvalue weighted by atomic mass is 10.1. The molecule has 0 saturated heterocycles. The van der Waals surface area contributed by atoms with Crippen molar-refractivity contribution >= 4 is 51.0 Å². The van der Waals surface area contributed by atoms with E-state index in [4.69, 9.17) is 14.9 Å². The summed E-state index contributed by atoms with van der Waals surface area (Å²) in [5.74, 6) is 0.495. The van der Waals surface area contributed by atoms with E-state index >= 15 is 0 Å². The summed E-state index contributed by atoms with van der Waals surface area (Å²) in [6, 6.07) is 6.56. The molecule has 0 bridgehead atoms. The van der Waals surface area contributed by atoms with Crippen LogP contribution in [0, 0.1) is 5.41 Å². The van der Waals surface area contributed by atoms with Crippen molar-refractivity contribution in [2.45, 2.75) is 20.0 Å². The van der Waals surface area contributed by atoms with Crippen molar-refractivity contribution in [1.82, 2.24) is 19.5 Å². The molecule has 0 unspecified atom stereocenters. The molecular weight excluding hydrogens is 476 g/mol. The van der Waals surface area contributed by atoms with Gasteiger partial charge in [-0.05, 0) is 35.6 Å². The topological polar surface area (TPSA) is 122 Å². The van der Waals surface area contributed by atoms with Gasteiger partial charge in [-0.3, -0.25) is 19.9 Å². The van der Waals surface area contributed by atoms with Crippen molar-refractivity contribution in [3.63, 3.8) is 0 Å². The number of aryl methyl sites for hydroxylation is 1. The number of fused-ring (bicyclic) bond motifs is 2. The summed E-state index contributed by atoms with van der Waals surface area (Å²) >= 11 is 2.67. The van der Waals surface area contributed by atoms with Gasteiger partial charge in [0.25, 0.3) is 11.5 Å². The second-order valence-corrected chi connectivity index (χ2v) is 9.12. The van der Waals surface area contributed by atoms with Crippen LogP contribution in [0.2, 0.25) is 0 Å². The molecular formula is C22H18N6O4S2. The average molecular weight is 495 g/mol. The van der Waals surface area contributed by atoms with Crippen molar-refractivity contribution in [2.75, 3.05) is 7.11 Å². The molecule has 4 heterocycles. The molecule has 2 aromatic heterocycles. The first-order valence-corrected chi connectivity index (χ1v) is 11.9. The number of carbonyl (C=O) groups is 1. The molecule has 0 spiro atoms. The van der Waals surface area contributed by atoms with Crippen LogP contribution < -0.4 is 15.0 Å². The molecule has 172 valence electrons. The van der Waals surface area contributed by atoms with Crippen LogP contribution >= 0.6 is 23.1 Å². The molecule has 1 amide bonds. The minimum atomic E-state index is -0.464. The predicted molar refractivity (Wildman–Crippen MR) is 131 cm³/mol. The molecule has 1 N–H and O–H groups in total. The Balaban J connectivity index is 1.37. The first kappa shape index (κ1) is 22.0. The Kier molecular flexibility index (Phi) is 5.75. The normalized spacial score (nSPS) is 16.4. The number of ether oxygens (including phenoxy) is 2. The Labute approximate surface area is 201 Å². The summed E-state index contributed by atoms with van der Waals surface area (Å²) in [6.07, 6.45) is 4.03. The first-order valence-electron chi connectivity index (χ1n) is 10.2. The Hall–Kier alpha value is -3.77. The van der Waals surface area contributed by atoms with E-state index in [0.717, 1.165) is 11.4 Å². The molecule has 10 nitrogen and oxygen atoms in total. The third kappa shape index (κ3) is 4.01. The number of hydrogen-bond acceptors (Lipinski definition) is 9. The molecule has 0 atom stereocenters. The largest absolute Gasteiger partial charge is 0.493 e. The van der Waals surface area contributed by atoms with Crippen LogP contribution in [0.25, 0.3) is 11.0 Å². The van der Waals surface area contributed by atoms with Crippen LogP contribution in [-0.2, 0) is 17.8 Å². The van der Waals surface area contributed by atoms with Crippen LogP contribution in [0.5, 0.6) is 11.5 Å². The summed E-state index contributed by atoms with van der Waals surface area (Å²) in [6.45, 7) is 2.04. The number of thioether (sulfide) groups is 1. The number of aromatic nitrogens is 3. The van der Waals surface area contributed by atoms with E-state index in [9.17, 15) is 9.59 Å². The fraction of sp³-hybridized carbons (Fsp3) is 0.182. The zero-order chi connectivity index (χ0) is 23.8. The average Bonchev–Trinajstić information content (AvgIpc) is 3.47. The number of nitrogens with one attached hydrogen (secondary N) is 1. The number of benzene rings is 1. The smallest absolute Gasteiger partial charge is 0.283 e. The van der Waals surface area contributed by atoms with E-state index in [1.807, 2.05) is 6.92 Å². The maximum Gasteiger partial charge on any atom is 0.283 e. The minimum Gasteiger partial charge on any atom is -0.493 e. The Morgan fingerprint density at radius 2 is 2.06 bits per heavy atom. The van der Waals surface area contributed by atoms with Crippen LogP contribution in [0.3, 0.4) is 0 Å². The molecule has 2 aliphatic heterocycles. The fourth-order valence-electron chi connectivity index (χ4n) is 3.36. The van der Waals surface area contributed by atoms with Crippen molar-refractivity contribution < 1.29 is 14.3 Å². The summed E-state index contributed by atoms with van der Waals surface area (Å²) < 4.78 is 12.6. The van der Waals surface area contributed by atoms with Gasteiger partial charge in [0.15, 0.2) is 16.7 Å². The number of carbonyl (C=O) groups excluding carboxylic acids is 1. The van der Waals surface area contributed by atoms with Gasteiger partial charge < -0.3 is 9.47 Å². The van der Waals surface area contributed by atoms with Gasteiger partial charge in [0.1, 0.15) is 17.5 Å². The summed E-state index contributed by atoms with van der Waals surface area (Å²) in [4.78, 5) is 35.3. The van der Waals surface area contributed by atoms with Gasteiger partial charge in [-0.2, -0.15) is 14.6 Å². The van der Waals surface area contributed by atoms with E-state index in [1.54, 1.807) is 40.8 Å². The summed E-state index contributed by atoms with van der Waals surface area (Å²) in [5, 5.41) is 15.7. The van der Waals surface area contributed by atoms with E-state index in [0.29, 0.717) is 32.9 Å². The number of hydrogen-bond donors (Lipinski definition) is 1. The zero-order valence-electron chi connectivity index (χ0n) is 18.1. The Morgan fingerprint density at radius 3 is 2.85 bits per heavy atom. The maximum absolute atomic E-state index is 12.4. The lowest BCUT2D eigenvalue weighted by Crippen LogP contribution is -2.35. The van der Waals surface area contributed by atoms with Crippen molar-refractivity contribution in [3.8, 4) is 11.5 Å². The van der Waals surface area contributed by atoms with Gasteiger partial charge in [0.2, 0.25) is 4.96 Å². The van der Waals surface area contributed by atoms with Gasteiger partial charge in [0, 0.05) is 12.3 Å². The molecule has 34 heavy (non-hydrogen) atoms. The first-order chi connectivity index (χ1) is 16.5. The summed E-state index contributed by atoms with van der Waals surface area (Å²) in [7, 11) is 1.51. The Bertz CT molecular complexity index is 1490. The van der Waals surface area contributed by atoms with Crippen molar-refractivity contribution in [2.24, 2.45) is 4.99 Å². The fourth-order valence-corrected chi connectivity index (χ4v) is 4.92. The van der Waals surface area contributed by atoms with Crippen LogP contribution in [0.15, 0.2) is 51.2 Å². The molecule has 2 aliphatic rings. The highest BCUT2D eigenvalue weighted by molar-refractivity contribution is 8.16. The molecule has 0 saturated carbocycles. The monoisotopic (exact) mass is 494 g/mol. The van der Waals surface area contributed by atoms with Crippen LogP contribution in [-0.4, -0.2) is 43.5 Å². The van der Waals surface area contributed by atoms with E-state index in [2.05, 4.69) is 15.1 Å². The van der Waals surface area contributed by atoms with Crippen molar-refractivity contribution in [3.05, 3.63) is 68.1 Å². The zero-order valence-corrected chi connectivity index (χ0v) is 19.8. The molecule has 0 radical (unpaired) electrons. The number of methoxy groups -OCH3 is 1. The standard InChI is InChI=1S/C22H18N6O4S2/c1-3-17-26-28-18(29)10-13(24-22(28)34-17)11-32-15-5-4-12(9-16(15)31-2)8-14-19(23)27-6-7-33-21(27)25-20(14)30/h4-10,23H,3,11H2,1-2H3/b14-8-,23-19?. The highest BCUT2D eigenvalue weighted by Crippen LogP contribution is 2.31. The number of amides is 1. The Morgan fingerprint density at radius 1 is 1.21 bits per heavy atom. The molecule has 3 aromatic rings.